The lowest BCUT2D eigenvalue weighted by molar-refractivity contribution is -0.110. The van der Waals surface area contributed by atoms with Crippen molar-refractivity contribution < 1.29 is 9.53 Å². The molecule has 0 aromatic heterocycles. The van der Waals surface area contributed by atoms with Crippen molar-refractivity contribution in [2.75, 3.05) is 0 Å². The number of ether oxygens (including phenoxy) is 1. The average molecular weight is 220 g/mol. The average Bonchev–Trinajstić information content (AvgIpc) is 2.18. The highest BCUT2D eigenvalue weighted by Crippen LogP contribution is 2.19. The molecule has 0 spiro atoms. The summed E-state index contributed by atoms with van der Waals surface area (Å²) in [5.74, 6) is 0.949. The van der Waals surface area contributed by atoms with Gasteiger partial charge in [-0.1, -0.05) is 19.1 Å². The minimum Gasteiger partial charge on any atom is -0.488 e. The molecule has 16 heavy (non-hydrogen) atoms. The maximum Gasteiger partial charge on any atom is 0.123 e. The minimum absolute atomic E-state index is 0.0781. The second-order valence-electron chi connectivity index (χ2n) is 5.18. The van der Waals surface area contributed by atoms with Crippen LogP contribution in [0.3, 0.4) is 0 Å². The molecule has 1 atom stereocenters. The molecule has 0 heterocycles. The van der Waals surface area contributed by atoms with Crippen molar-refractivity contribution >= 4 is 6.29 Å². The molecule has 0 aliphatic carbocycles. The Balaban J connectivity index is 2.64. The fourth-order valence-corrected chi connectivity index (χ4v) is 1.47. The smallest absolute Gasteiger partial charge is 0.123 e. The number of benzene rings is 1. The third kappa shape index (κ3) is 4.47. The first-order valence-corrected chi connectivity index (χ1v) is 5.64. The van der Waals surface area contributed by atoms with Gasteiger partial charge in [0.1, 0.15) is 17.6 Å². The van der Waals surface area contributed by atoms with Crippen LogP contribution in [0, 0.1) is 5.92 Å². The van der Waals surface area contributed by atoms with Gasteiger partial charge in [-0.25, -0.2) is 0 Å². The van der Waals surface area contributed by atoms with Crippen LogP contribution in [0.4, 0.5) is 0 Å². The van der Waals surface area contributed by atoms with Gasteiger partial charge in [0.05, 0.1) is 0 Å². The molecular weight excluding hydrogens is 200 g/mol. The van der Waals surface area contributed by atoms with E-state index in [0.29, 0.717) is 0 Å². The van der Waals surface area contributed by atoms with Gasteiger partial charge in [0.2, 0.25) is 0 Å². The zero-order chi connectivity index (χ0) is 12.2. The highest BCUT2D eigenvalue weighted by molar-refractivity contribution is 5.53. The van der Waals surface area contributed by atoms with Gasteiger partial charge in [0.25, 0.3) is 0 Å². The summed E-state index contributed by atoms with van der Waals surface area (Å²) in [4.78, 5) is 10.5. The highest BCUT2D eigenvalue weighted by atomic mass is 16.5. The summed E-state index contributed by atoms with van der Waals surface area (Å²) >= 11 is 0. The zero-order valence-electron chi connectivity index (χ0n) is 10.5. The van der Waals surface area contributed by atoms with E-state index in [1.165, 1.54) is 5.56 Å². The summed E-state index contributed by atoms with van der Waals surface area (Å²) in [6.07, 6.45) is 1.78. The van der Waals surface area contributed by atoms with E-state index in [2.05, 4.69) is 0 Å². The molecule has 0 saturated carbocycles. The Bertz CT molecular complexity index is 333. The van der Waals surface area contributed by atoms with Gasteiger partial charge in [0.15, 0.2) is 0 Å². The van der Waals surface area contributed by atoms with Crippen molar-refractivity contribution in [1.82, 2.24) is 0 Å². The van der Waals surface area contributed by atoms with Gasteiger partial charge in [-0.3, -0.25) is 0 Å². The predicted molar refractivity (Wildman–Crippen MR) is 65.8 cm³/mol. The molecule has 0 saturated heterocycles. The minimum atomic E-state index is -0.169. The molecule has 0 fully saturated rings. The SMILES string of the molecule is CC(C=O)Cc1ccc(OC(C)(C)C)cc1. The second kappa shape index (κ2) is 5.15. The van der Waals surface area contributed by atoms with E-state index in [9.17, 15) is 4.79 Å². The molecule has 0 bridgehead atoms. The number of carbonyl (C=O) groups excluding carboxylic acids is 1. The van der Waals surface area contributed by atoms with Crippen LogP contribution in [-0.2, 0) is 11.2 Å². The van der Waals surface area contributed by atoms with Crippen molar-refractivity contribution in [2.45, 2.75) is 39.7 Å². The summed E-state index contributed by atoms with van der Waals surface area (Å²) in [5, 5.41) is 0. The summed E-state index contributed by atoms with van der Waals surface area (Å²) in [5.41, 5.74) is 0.998. The summed E-state index contributed by atoms with van der Waals surface area (Å²) in [6, 6.07) is 7.94. The second-order valence-corrected chi connectivity index (χ2v) is 5.18. The summed E-state index contributed by atoms with van der Waals surface area (Å²) in [7, 11) is 0. The normalized spacial score (nSPS) is 13.2. The number of hydrogen-bond donors (Lipinski definition) is 0. The molecular formula is C14H20O2. The summed E-state index contributed by atoms with van der Waals surface area (Å²) < 4.78 is 5.72. The quantitative estimate of drug-likeness (QED) is 0.728. The lowest BCUT2D eigenvalue weighted by atomic mass is 10.0. The van der Waals surface area contributed by atoms with E-state index < -0.39 is 0 Å². The first-order chi connectivity index (χ1) is 7.40. The standard InChI is InChI=1S/C14H20O2/c1-11(10-15)9-12-5-7-13(8-6-12)16-14(2,3)4/h5-8,10-11H,9H2,1-4H3. The van der Waals surface area contributed by atoms with E-state index in [1.54, 1.807) is 0 Å². The van der Waals surface area contributed by atoms with E-state index in [1.807, 2.05) is 52.0 Å². The topological polar surface area (TPSA) is 26.3 Å². The van der Waals surface area contributed by atoms with Gasteiger partial charge in [0, 0.05) is 5.92 Å². The Kier molecular flexibility index (Phi) is 4.11. The third-order valence-corrected chi connectivity index (χ3v) is 2.14. The highest BCUT2D eigenvalue weighted by Gasteiger charge is 2.11. The largest absolute Gasteiger partial charge is 0.488 e. The molecule has 1 unspecified atom stereocenters. The van der Waals surface area contributed by atoms with Gasteiger partial charge in [-0.05, 0) is 44.9 Å². The molecule has 2 nitrogen and oxygen atoms in total. The van der Waals surface area contributed by atoms with Gasteiger partial charge in [-0.15, -0.1) is 0 Å². The van der Waals surface area contributed by atoms with Crippen molar-refractivity contribution in [3.05, 3.63) is 29.8 Å². The van der Waals surface area contributed by atoms with Crippen LogP contribution >= 0.6 is 0 Å². The van der Waals surface area contributed by atoms with Gasteiger partial charge in [-0.2, -0.15) is 0 Å². The zero-order valence-corrected chi connectivity index (χ0v) is 10.5. The molecule has 0 amide bonds. The fraction of sp³-hybridized carbons (Fsp3) is 0.500. The first kappa shape index (κ1) is 12.8. The monoisotopic (exact) mass is 220 g/mol. The van der Waals surface area contributed by atoms with Crippen LogP contribution in [0.2, 0.25) is 0 Å². The van der Waals surface area contributed by atoms with Crippen LogP contribution in [-0.4, -0.2) is 11.9 Å². The lowest BCUT2D eigenvalue weighted by Gasteiger charge is -2.21. The van der Waals surface area contributed by atoms with E-state index in [4.69, 9.17) is 4.74 Å². The number of hydrogen-bond acceptors (Lipinski definition) is 2. The maximum absolute atomic E-state index is 10.5. The van der Waals surface area contributed by atoms with Crippen LogP contribution in [0.25, 0.3) is 0 Å². The Morgan fingerprint density at radius 2 is 1.81 bits per heavy atom. The molecule has 1 rings (SSSR count). The first-order valence-electron chi connectivity index (χ1n) is 5.64. The van der Waals surface area contributed by atoms with Crippen molar-refractivity contribution in [3.63, 3.8) is 0 Å². The molecule has 1 aromatic rings. The van der Waals surface area contributed by atoms with Crippen LogP contribution in [0.5, 0.6) is 5.75 Å². The fourth-order valence-electron chi connectivity index (χ4n) is 1.47. The number of aldehydes is 1. The molecule has 88 valence electrons. The van der Waals surface area contributed by atoms with E-state index in [0.717, 1.165) is 18.5 Å². The Labute approximate surface area is 97.6 Å². The summed E-state index contributed by atoms with van der Waals surface area (Å²) in [6.45, 7) is 7.99. The van der Waals surface area contributed by atoms with Crippen LogP contribution < -0.4 is 4.74 Å². The van der Waals surface area contributed by atoms with E-state index >= 15 is 0 Å². The van der Waals surface area contributed by atoms with Gasteiger partial charge >= 0.3 is 0 Å². The lowest BCUT2D eigenvalue weighted by Crippen LogP contribution is -2.22. The molecule has 0 radical (unpaired) electrons. The van der Waals surface area contributed by atoms with E-state index in [-0.39, 0.29) is 11.5 Å². The molecule has 2 heteroatoms. The Morgan fingerprint density at radius 3 is 2.25 bits per heavy atom. The van der Waals surface area contributed by atoms with Crippen molar-refractivity contribution in [3.8, 4) is 5.75 Å². The predicted octanol–water partition coefficient (Wildman–Crippen LogP) is 3.24. The molecule has 0 aliphatic rings. The number of carbonyl (C=O) groups is 1. The maximum atomic E-state index is 10.5. The Hall–Kier alpha value is -1.31. The van der Waals surface area contributed by atoms with Crippen molar-refractivity contribution in [2.24, 2.45) is 5.92 Å². The van der Waals surface area contributed by atoms with Gasteiger partial charge < -0.3 is 9.53 Å². The van der Waals surface area contributed by atoms with Crippen LogP contribution in [0.15, 0.2) is 24.3 Å². The van der Waals surface area contributed by atoms with Crippen molar-refractivity contribution in [1.29, 1.82) is 0 Å². The molecule has 0 N–H and O–H groups in total. The molecule has 0 aliphatic heterocycles. The Morgan fingerprint density at radius 1 is 1.25 bits per heavy atom. The van der Waals surface area contributed by atoms with Crippen LogP contribution in [0.1, 0.15) is 33.3 Å². The molecule has 1 aromatic carbocycles. The third-order valence-electron chi connectivity index (χ3n) is 2.14. The number of rotatable bonds is 4.